The molecule has 0 saturated carbocycles. The van der Waals surface area contributed by atoms with Gasteiger partial charge in [-0.3, -0.25) is 0 Å². The Hall–Kier alpha value is -0.240. The fraction of sp³-hybridized carbons (Fsp3) is 1.00. The average Bonchev–Trinajstić information content (AvgIpc) is 2.13. The summed E-state index contributed by atoms with van der Waals surface area (Å²) in [6.45, 7) is -0.390. The summed E-state index contributed by atoms with van der Waals surface area (Å²) in [5, 5.41) is 36.4. The molecule has 1 aliphatic rings. The van der Waals surface area contributed by atoms with Gasteiger partial charge in [0.15, 0.2) is 6.29 Å². The maximum absolute atomic E-state index is 9.38. The normalized spacial score (nSPS) is 46.4. The third kappa shape index (κ3) is 1.98. The molecule has 4 N–H and O–H groups in total. The topological polar surface area (TPSA) is 99.4 Å². The van der Waals surface area contributed by atoms with E-state index in [1.165, 1.54) is 7.11 Å². The van der Waals surface area contributed by atoms with Crippen LogP contribution < -0.4 is 0 Å². The first kappa shape index (κ1) is 10.8. The number of aliphatic hydroxyl groups is 4. The summed E-state index contributed by atoms with van der Waals surface area (Å²) in [4.78, 5) is 0. The summed E-state index contributed by atoms with van der Waals surface area (Å²) in [5.74, 6) is 0. The van der Waals surface area contributed by atoms with Crippen molar-refractivity contribution in [2.24, 2.45) is 0 Å². The molecule has 1 heterocycles. The maximum Gasteiger partial charge on any atom is 0.184 e. The minimum absolute atomic E-state index is 0.390. The minimum atomic E-state index is -1.49. The second kappa shape index (κ2) is 4.32. The van der Waals surface area contributed by atoms with Gasteiger partial charge in [-0.2, -0.15) is 0 Å². The Morgan fingerprint density at radius 3 is 2.31 bits per heavy atom. The van der Waals surface area contributed by atoms with Crippen LogP contribution in [-0.2, 0) is 9.47 Å². The van der Waals surface area contributed by atoms with E-state index in [0.29, 0.717) is 0 Å². The van der Waals surface area contributed by atoms with Gasteiger partial charge in [0.2, 0.25) is 0 Å². The molecule has 0 bridgehead atoms. The number of aliphatic hydroxyl groups excluding tert-OH is 4. The summed E-state index contributed by atoms with van der Waals surface area (Å²) in [6.07, 6.45) is -5.81. The van der Waals surface area contributed by atoms with Crippen molar-refractivity contribution in [3.05, 3.63) is 0 Å². The van der Waals surface area contributed by atoms with Crippen LogP contribution >= 0.6 is 0 Å². The van der Waals surface area contributed by atoms with Crippen LogP contribution in [0.5, 0.6) is 0 Å². The monoisotopic (exact) mass is 194 g/mol. The molecule has 5 atom stereocenters. The largest absolute Gasteiger partial charge is 0.394 e. The van der Waals surface area contributed by atoms with Gasteiger partial charge in [-0.05, 0) is 0 Å². The lowest BCUT2D eigenvalue weighted by atomic mass is 9.99. The first-order valence-electron chi connectivity index (χ1n) is 3.95. The van der Waals surface area contributed by atoms with E-state index < -0.39 is 30.7 Å². The maximum atomic E-state index is 9.38. The Morgan fingerprint density at radius 2 is 1.85 bits per heavy atom. The van der Waals surface area contributed by atoms with E-state index in [-0.39, 0.29) is 6.61 Å². The van der Waals surface area contributed by atoms with Crippen molar-refractivity contribution in [3.63, 3.8) is 0 Å². The SMILES string of the molecule is CO[C@H]1[C@H](O)[C@H](O)[C@@H](O)O[C@@H]1CO. The molecule has 0 aromatic heterocycles. The Morgan fingerprint density at radius 1 is 1.23 bits per heavy atom. The Balaban J connectivity index is 2.69. The van der Waals surface area contributed by atoms with Gasteiger partial charge in [-0.25, -0.2) is 0 Å². The van der Waals surface area contributed by atoms with Crippen molar-refractivity contribution in [3.8, 4) is 0 Å². The molecule has 0 radical (unpaired) electrons. The standard InChI is InChI=1S/C7H14O6/c1-12-6-3(2-8)13-7(11)5(10)4(6)9/h3-11H,2H2,1H3/t3-,4-,5+,6-,7+/m1/s1. The van der Waals surface area contributed by atoms with Gasteiger partial charge in [-0.1, -0.05) is 0 Å². The highest BCUT2D eigenvalue weighted by molar-refractivity contribution is 4.89. The van der Waals surface area contributed by atoms with Gasteiger partial charge in [-0.15, -0.1) is 0 Å². The average molecular weight is 194 g/mol. The molecule has 1 saturated heterocycles. The Bertz CT molecular complexity index is 161. The van der Waals surface area contributed by atoms with Gasteiger partial charge in [0.1, 0.15) is 24.4 Å². The molecule has 1 aliphatic heterocycles. The zero-order valence-electron chi connectivity index (χ0n) is 7.20. The van der Waals surface area contributed by atoms with E-state index in [2.05, 4.69) is 0 Å². The Labute approximate surface area is 75.3 Å². The highest BCUT2D eigenvalue weighted by Crippen LogP contribution is 2.21. The van der Waals surface area contributed by atoms with Crippen LogP contribution in [0.3, 0.4) is 0 Å². The fourth-order valence-electron chi connectivity index (χ4n) is 1.36. The van der Waals surface area contributed by atoms with Gasteiger partial charge in [0.25, 0.3) is 0 Å². The van der Waals surface area contributed by atoms with Gasteiger partial charge in [0, 0.05) is 7.11 Å². The molecule has 1 rings (SSSR count). The van der Waals surface area contributed by atoms with Crippen molar-refractivity contribution in [2.75, 3.05) is 13.7 Å². The fourth-order valence-corrected chi connectivity index (χ4v) is 1.36. The molecular weight excluding hydrogens is 180 g/mol. The highest BCUT2D eigenvalue weighted by Gasteiger charge is 2.43. The quantitative estimate of drug-likeness (QED) is 0.386. The predicted octanol–water partition coefficient (Wildman–Crippen LogP) is -2.57. The molecule has 78 valence electrons. The number of rotatable bonds is 2. The van der Waals surface area contributed by atoms with E-state index in [1.807, 2.05) is 0 Å². The number of hydrogen-bond donors (Lipinski definition) is 4. The third-order valence-electron chi connectivity index (χ3n) is 2.11. The van der Waals surface area contributed by atoms with Crippen LogP contribution in [0.25, 0.3) is 0 Å². The van der Waals surface area contributed by atoms with Crippen LogP contribution in [-0.4, -0.2) is 64.8 Å². The van der Waals surface area contributed by atoms with E-state index in [1.54, 1.807) is 0 Å². The molecular formula is C7H14O6. The summed E-state index contributed by atoms with van der Waals surface area (Å²) < 4.78 is 9.61. The van der Waals surface area contributed by atoms with Crippen LogP contribution in [0, 0.1) is 0 Å². The van der Waals surface area contributed by atoms with Gasteiger partial charge >= 0.3 is 0 Å². The molecule has 0 aromatic carbocycles. The van der Waals surface area contributed by atoms with E-state index >= 15 is 0 Å². The van der Waals surface area contributed by atoms with E-state index in [4.69, 9.17) is 19.7 Å². The summed E-state index contributed by atoms with van der Waals surface area (Å²) >= 11 is 0. The lowest BCUT2D eigenvalue weighted by Crippen LogP contribution is -2.59. The van der Waals surface area contributed by atoms with Crippen molar-refractivity contribution < 1.29 is 29.9 Å². The van der Waals surface area contributed by atoms with E-state index in [9.17, 15) is 10.2 Å². The highest BCUT2D eigenvalue weighted by atomic mass is 16.6. The third-order valence-corrected chi connectivity index (χ3v) is 2.11. The minimum Gasteiger partial charge on any atom is -0.394 e. The molecule has 0 unspecified atom stereocenters. The smallest absolute Gasteiger partial charge is 0.184 e. The molecule has 0 aromatic rings. The number of ether oxygens (including phenoxy) is 2. The lowest BCUT2D eigenvalue weighted by molar-refractivity contribution is -0.290. The second-order valence-electron chi connectivity index (χ2n) is 2.93. The van der Waals surface area contributed by atoms with Crippen LogP contribution in [0.1, 0.15) is 0 Å². The summed E-state index contributed by atoms with van der Waals surface area (Å²) in [7, 11) is 1.32. The molecule has 6 nitrogen and oxygen atoms in total. The Kier molecular flexibility index (Phi) is 3.60. The van der Waals surface area contributed by atoms with Gasteiger partial charge < -0.3 is 29.9 Å². The number of hydrogen-bond acceptors (Lipinski definition) is 6. The zero-order valence-corrected chi connectivity index (χ0v) is 7.20. The zero-order chi connectivity index (χ0) is 10.0. The molecule has 0 spiro atoms. The summed E-state index contributed by atoms with van der Waals surface area (Å²) in [6, 6.07) is 0. The van der Waals surface area contributed by atoms with Crippen LogP contribution in [0.2, 0.25) is 0 Å². The molecule has 6 heteroatoms. The van der Waals surface area contributed by atoms with Gasteiger partial charge in [0.05, 0.1) is 6.61 Å². The van der Waals surface area contributed by atoms with Crippen LogP contribution in [0.4, 0.5) is 0 Å². The molecule has 0 amide bonds. The predicted molar refractivity (Wildman–Crippen MR) is 40.8 cm³/mol. The number of methoxy groups -OCH3 is 1. The molecule has 0 aliphatic carbocycles. The molecule has 1 fully saturated rings. The van der Waals surface area contributed by atoms with Crippen molar-refractivity contribution in [1.82, 2.24) is 0 Å². The molecule has 13 heavy (non-hydrogen) atoms. The first-order chi connectivity index (χ1) is 6.11. The van der Waals surface area contributed by atoms with Crippen molar-refractivity contribution >= 4 is 0 Å². The van der Waals surface area contributed by atoms with E-state index in [0.717, 1.165) is 0 Å². The van der Waals surface area contributed by atoms with Crippen molar-refractivity contribution in [1.29, 1.82) is 0 Å². The lowest BCUT2D eigenvalue weighted by Gasteiger charge is -2.39. The summed E-state index contributed by atoms with van der Waals surface area (Å²) in [5.41, 5.74) is 0. The van der Waals surface area contributed by atoms with Crippen molar-refractivity contribution in [2.45, 2.75) is 30.7 Å². The second-order valence-corrected chi connectivity index (χ2v) is 2.93. The van der Waals surface area contributed by atoms with Crippen LogP contribution in [0.15, 0.2) is 0 Å². The first-order valence-corrected chi connectivity index (χ1v) is 3.95.